The fourth-order valence-electron chi connectivity index (χ4n) is 5.89. The predicted molar refractivity (Wildman–Crippen MR) is 145 cm³/mol. The van der Waals surface area contributed by atoms with Crippen LogP contribution in [0.3, 0.4) is 0 Å². The van der Waals surface area contributed by atoms with E-state index in [1.165, 1.54) is 23.3 Å². The summed E-state index contributed by atoms with van der Waals surface area (Å²) in [5.41, 5.74) is 3.18. The van der Waals surface area contributed by atoms with Gasteiger partial charge >= 0.3 is 6.18 Å². The molecule has 2 aromatic rings. The molecule has 2 aliphatic heterocycles. The van der Waals surface area contributed by atoms with Crippen LogP contribution in [-0.2, 0) is 10.9 Å². The lowest BCUT2D eigenvalue weighted by atomic mass is 9.96. The van der Waals surface area contributed by atoms with Gasteiger partial charge in [-0.1, -0.05) is 6.07 Å². The topological polar surface area (TPSA) is 45.3 Å². The number of hydrogen-bond acceptors (Lipinski definition) is 5. The second-order valence-electron chi connectivity index (χ2n) is 10.8. The van der Waals surface area contributed by atoms with Crippen LogP contribution < -0.4 is 4.74 Å². The van der Waals surface area contributed by atoms with Crippen LogP contribution in [0.4, 0.5) is 13.2 Å². The highest BCUT2D eigenvalue weighted by Crippen LogP contribution is 2.39. The molecule has 39 heavy (non-hydrogen) atoms. The molecule has 2 aliphatic rings. The quantitative estimate of drug-likeness (QED) is 0.356. The Balaban J connectivity index is 1.34. The lowest BCUT2D eigenvalue weighted by Gasteiger charge is -2.38. The molecule has 0 radical (unpaired) electrons. The summed E-state index contributed by atoms with van der Waals surface area (Å²) in [6.07, 6.45) is -2.53. The molecule has 2 fully saturated rings. The van der Waals surface area contributed by atoms with Gasteiger partial charge in [-0.15, -0.1) is 0 Å². The average molecular weight is 548 g/mol. The fraction of sp³-hybridized carbons (Fsp3) is 0.567. The van der Waals surface area contributed by atoms with E-state index in [4.69, 9.17) is 9.47 Å². The molecular weight excluding hydrogens is 507 g/mol. The van der Waals surface area contributed by atoms with Crippen molar-refractivity contribution in [3.63, 3.8) is 0 Å². The number of carbonyl (C=O) groups is 1. The van der Waals surface area contributed by atoms with Crippen molar-refractivity contribution in [2.45, 2.75) is 57.9 Å². The summed E-state index contributed by atoms with van der Waals surface area (Å²) < 4.78 is 49.9. The molecule has 2 aromatic carbocycles. The lowest BCUT2D eigenvalue weighted by Crippen LogP contribution is -2.49. The van der Waals surface area contributed by atoms with Crippen LogP contribution in [0.15, 0.2) is 36.4 Å². The van der Waals surface area contributed by atoms with Crippen molar-refractivity contribution in [1.82, 2.24) is 14.7 Å². The number of nitrogens with zero attached hydrogens (tertiary/aromatic N) is 3. The van der Waals surface area contributed by atoms with Crippen molar-refractivity contribution in [1.29, 1.82) is 0 Å². The maximum Gasteiger partial charge on any atom is 0.416 e. The van der Waals surface area contributed by atoms with Crippen LogP contribution in [0, 0.1) is 13.8 Å². The van der Waals surface area contributed by atoms with Crippen LogP contribution in [0.2, 0.25) is 0 Å². The summed E-state index contributed by atoms with van der Waals surface area (Å²) >= 11 is 0. The van der Waals surface area contributed by atoms with E-state index in [2.05, 4.69) is 49.8 Å². The van der Waals surface area contributed by atoms with Gasteiger partial charge in [0.1, 0.15) is 12.4 Å². The molecule has 0 unspecified atom stereocenters. The molecule has 9 heteroatoms. The molecular formula is C30H40F3N3O3. The molecule has 4 rings (SSSR count). The first-order valence-electron chi connectivity index (χ1n) is 13.7. The first kappa shape index (κ1) is 29.4. The smallest absolute Gasteiger partial charge is 0.416 e. The van der Waals surface area contributed by atoms with Gasteiger partial charge in [0.15, 0.2) is 0 Å². The van der Waals surface area contributed by atoms with E-state index in [0.29, 0.717) is 18.7 Å². The summed E-state index contributed by atoms with van der Waals surface area (Å²) in [6, 6.07) is 9.23. The first-order valence-corrected chi connectivity index (χ1v) is 13.7. The summed E-state index contributed by atoms with van der Waals surface area (Å²) in [5, 5.41) is 0. The van der Waals surface area contributed by atoms with Gasteiger partial charge in [0.05, 0.1) is 5.56 Å². The van der Waals surface area contributed by atoms with Crippen molar-refractivity contribution in [3.05, 3.63) is 64.2 Å². The Morgan fingerprint density at radius 1 is 1.03 bits per heavy atom. The number of rotatable bonds is 11. The van der Waals surface area contributed by atoms with E-state index < -0.39 is 11.7 Å². The Morgan fingerprint density at radius 2 is 1.74 bits per heavy atom. The Kier molecular flexibility index (Phi) is 9.24. The van der Waals surface area contributed by atoms with E-state index >= 15 is 0 Å². The Hall–Kier alpha value is -2.62. The Labute approximate surface area is 229 Å². The molecule has 1 amide bonds. The number of likely N-dealkylation sites (tertiary alicyclic amines) is 2. The van der Waals surface area contributed by atoms with Crippen LogP contribution in [-0.4, -0.2) is 86.2 Å². The van der Waals surface area contributed by atoms with Gasteiger partial charge in [-0.25, -0.2) is 0 Å². The largest absolute Gasteiger partial charge is 0.492 e. The summed E-state index contributed by atoms with van der Waals surface area (Å²) in [7, 11) is 3.80. The molecule has 0 saturated carbocycles. The molecule has 214 valence electrons. The number of ether oxygens (including phenoxy) is 2. The van der Waals surface area contributed by atoms with Crippen molar-refractivity contribution in [2.75, 3.05) is 53.6 Å². The zero-order chi connectivity index (χ0) is 28.3. The molecule has 2 saturated heterocycles. The maximum absolute atomic E-state index is 13.1. The third-order valence-electron chi connectivity index (χ3n) is 8.35. The molecule has 2 bridgehead atoms. The number of halogens is 3. The zero-order valence-corrected chi connectivity index (χ0v) is 23.6. The number of likely N-dealkylation sites (N-methyl/N-ethyl adjacent to an activating group) is 1. The molecule has 6 nitrogen and oxygen atoms in total. The lowest BCUT2D eigenvalue weighted by molar-refractivity contribution is -0.137. The zero-order valence-electron chi connectivity index (χ0n) is 23.6. The maximum atomic E-state index is 13.1. The second-order valence-corrected chi connectivity index (χ2v) is 10.8. The minimum absolute atomic E-state index is 0.0668. The standard InChI is InChI=1S/C30H40F3N3O3/c1-20-21(2)28(39-16-14-34(4)13-6-15-38-5)12-11-27(20)22(3)35-18-26-17-25(35)19-36(26)29(37)23-7-9-24(10-8-23)30(31,32)33/h7-12,22,25-26H,6,13-19H2,1-5H3/t22-,25-,26-/m0/s1. The van der Waals surface area contributed by atoms with Crippen molar-refractivity contribution >= 4 is 5.91 Å². The molecule has 0 aliphatic carbocycles. The monoisotopic (exact) mass is 547 g/mol. The van der Waals surface area contributed by atoms with Crippen molar-refractivity contribution in [3.8, 4) is 5.75 Å². The number of hydrogen-bond donors (Lipinski definition) is 0. The molecule has 0 aromatic heterocycles. The highest BCUT2D eigenvalue weighted by atomic mass is 19.4. The number of benzene rings is 2. The Morgan fingerprint density at radius 3 is 2.36 bits per heavy atom. The van der Waals surface area contributed by atoms with Crippen molar-refractivity contribution < 1.29 is 27.4 Å². The van der Waals surface area contributed by atoms with Gasteiger partial charge < -0.3 is 19.3 Å². The van der Waals surface area contributed by atoms with Gasteiger partial charge in [-0.2, -0.15) is 13.2 Å². The normalized spacial score (nSPS) is 20.2. The average Bonchev–Trinajstić information content (AvgIpc) is 3.52. The Bertz CT molecular complexity index is 1140. The number of amides is 1. The minimum atomic E-state index is -4.41. The van der Waals surface area contributed by atoms with E-state index in [0.717, 1.165) is 62.5 Å². The van der Waals surface area contributed by atoms with Crippen LogP contribution in [0.1, 0.15) is 58.4 Å². The molecule has 0 spiro atoms. The second kappa shape index (κ2) is 12.3. The number of alkyl halides is 3. The SMILES string of the molecule is COCCCN(C)CCOc1ccc([C@H](C)N2C[C@@H]3C[C@H]2CN3C(=O)c2ccc(C(F)(F)F)cc2)c(C)c1C. The minimum Gasteiger partial charge on any atom is -0.492 e. The van der Waals surface area contributed by atoms with Gasteiger partial charge in [0.25, 0.3) is 5.91 Å². The third kappa shape index (κ3) is 6.58. The van der Waals surface area contributed by atoms with E-state index in [1.54, 1.807) is 7.11 Å². The van der Waals surface area contributed by atoms with Crippen LogP contribution in [0.5, 0.6) is 5.75 Å². The first-order chi connectivity index (χ1) is 18.5. The highest BCUT2D eigenvalue weighted by molar-refractivity contribution is 5.94. The van der Waals surface area contributed by atoms with E-state index in [-0.39, 0.29) is 24.0 Å². The van der Waals surface area contributed by atoms with Crippen LogP contribution >= 0.6 is 0 Å². The van der Waals surface area contributed by atoms with Gasteiger partial charge in [-0.05, 0) is 87.7 Å². The predicted octanol–water partition coefficient (Wildman–Crippen LogP) is 5.33. The number of piperazine rings is 1. The number of methoxy groups -OCH3 is 1. The highest BCUT2D eigenvalue weighted by Gasteiger charge is 2.47. The van der Waals surface area contributed by atoms with Crippen molar-refractivity contribution in [2.24, 2.45) is 0 Å². The molecule has 2 heterocycles. The van der Waals surface area contributed by atoms with Gasteiger partial charge in [0.2, 0.25) is 0 Å². The van der Waals surface area contributed by atoms with Gasteiger partial charge in [0, 0.05) is 63.6 Å². The van der Waals surface area contributed by atoms with E-state index in [9.17, 15) is 18.0 Å². The summed E-state index contributed by atoms with van der Waals surface area (Å²) in [6.45, 7) is 11.0. The van der Waals surface area contributed by atoms with Gasteiger partial charge in [-0.3, -0.25) is 9.69 Å². The van der Waals surface area contributed by atoms with E-state index in [1.807, 2.05) is 4.90 Å². The van der Waals surface area contributed by atoms with Crippen LogP contribution in [0.25, 0.3) is 0 Å². The summed E-state index contributed by atoms with van der Waals surface area (Å²) in [5.74, 6) is 0.714. The third-order valence-corrected chi connectivity index (χ3v) is 8.35. The summed E-state index contributed by atoms with van der Waals surface area (Å²) in [4.78, 5) is 19.6. The fourth-order valence-corrected chi connectivity index (χ4v) is 5.89. The number of fused-ring (bicyclic) bond motifs is 2. The number of carbonyl (C=O) groups excluding carboxylic acids is 1. The molecule has 3 atom stereocenters. The molecule has 0 N–H and O–H groups in total.